The summed E-state index contributed by atoms with van der Waals surface area (Å²) in [6.45, 7) is 7.07. The predicted octanol–water partition coefficient (Wildman–Crippen LogP) is 1.36. The molecular weight excluding hydrogens is 246 g/mol. The first-order valence-corrected chi connectivity index (χ1v) is 6.08. The lowest BCUT2D eigenvalue weighted by atomic mass is 9.97. The molecule has 0 aliphatic heterocycles. The fraction of sp³-hybridized carbons (Fsp3) is 0.615. The number of carbonyl (C=O) groups is 2. The lowest BCUT2D eigenvalue weighted by Crippen LogP contribution is -2.46. The van der Waals surface area contributed by atoms with E-state index in [-0.39, 0.29) is 12.3 Å². The van der Waals surface area contributed by atoms with Crippen LogP contribution in [0.25, 0.3) is 0 Å². The summed E-state index contributed by atoms with van der Waals surface area (Å²) in [5.74, 6) is -1.13. The lowest BCUT2D eigenvalue weighted by Gasteiger charge is -2.34. The summed E-state index contributed by atoms with van der Waals surface area (Å²) in [5, 5.41) is 13.1. The van der Waals surface area contributed by atoms with Crippen molar-refractivity contribution >= 4 is 11.9 Å². The van der Waals surface area contributed by atoms with Gasteiger partial charge in [0.2, 0.25) is 0 Å². The number of aliphatic carboxylic acids is 1. The second kappa shape index (κ2) is 5.03. The maximum Gasteiger partial charge on any atom is 0.305 e. The van der Waals surface area contributed by atoms with E-state index in [0.717, 1.165) is 5.69 Å². The zero-order chi connectivity index (χ0) is 15.0. The second-order valence-electron chi connectivity index (χ2n) is 5.42. The van der Waals surface area contributed by atoms with E-state index < -0.39 is 11.5 Å². The molecule has 0 unspecified atom stereocenters. The first-order valence-electron chi connectivity index (χ1n) is 6.08. The van der Waals surface area contributed by atoms with E-state index in [0.29, 0.717) is 11.3 Å². The van der Waals surface area contributed by atoms with Crippen LogP contribution in [0.4, 0.5) is 0 Å². The number of hydrogen-bond donors (Lipinski definition) is 1. The Morgan fingerprint density at radius 2 is 1.89 bits per heavy atom. The molecule has 1 aromatic heterocycles. The van der Waals surface area contributed by atoms with Crippen LogP contribution in [-0.2, 0) is 11.8 Å². The monoisotopic (exact) mass is 267 g/mol. The molecule has 0 aromatic carbocycles. The highest BCUT2D eigenvalue weighted by Crippen LogP contribution is 2.22. The Kier molecular flexibility index (Phi) is 4.03. The first kappa shape index (κ1) is 15.2. The van der Waals surface area contributed by atoms with Crippen LogP contribution in [0.1, 0.15) is 42.0 Å². The Morgan fingerprint density at radius 3 is 2.26 bits per heavy atom. The Hall–Kier alpha value is -1.85. The molecule has 19 heavy (non-hydrogen) atoms. The summed E-state index contributed by atoms with van der Waals surface area (Å²) >= 11 is 0. The summed E-state index contributed by atoms with van der Waals surface area (Å²) in [5.41, 5.74) is 1.23. The zero-order valence-corrected chi connectivity index (χ0v) is 12.3. The molecule has 0 aliphatic rings. The van der Waals surface area contributed by atoms with E-state index >= 15 is 0 Å². The Bertz CT molecular complexity index is 517. The minimum Gasteiger partial charge on any atom is -0.481 e. The molecule has 0 aliphatic carbocycles. The highest BCUT2D eigenvalue weighted by atomic mass is 16.4. The van der Waals surface area contributed by atoms with Crippen LogP contribution in [0.15, 0.2) is 0 Å². The number of rotatable bonds is 4. The van der Waals surface area contributed by atoms with Gasteiger partial charge in [-0.25, -0.2) is 0 Å². The maximum atomic E-state index is 12.5. The minimum absolute atomic E-state index is 0.104. The van der Waals surface area contributed by atoms with E-state index in [2.05, 4.69) is 5.10 Å². The zero-order valence-electron chi connectivity index (χ0n) is 12.3. The number of aromatic nitrogens is 2. The van der Waals surface area contributed by atoms with Gasteiger partial charge in [-0.2, -0.15) is 5.10 Å². The Morgan fingerprint density at radius 1 is 1.37 bits per heavy atom. The van der Waals surface area contributed by atoms with Gasteiger partial charge in [-0.3, -0.25) is 14.3 Å². The molecule has 0 radical (unpaired) electrons. The Labute approximate surface area is 113 Å². The molecule has 1 N–H and O–H groups in total. The smallest absolute Gasteiger partial charge is 0.305 e. The largest absolute Gasteiger partial charge is 0.481 e. The maximum absolute atomic E-state index is 12.5. The molecule has 0 fully saturated rings. The molecule has 1 rings (SSSR count). The molecule has 1 amide bonds. The molecule has 106 valence electrons. The van der Waals surface area contributed by atoms with E-state index in [1.54, 1.807) is 39.5 Å². The molecule has 0 saturated carbocycles. The van der Waals surface area contributed by atoms with E-state index in [1.807, 2.05) is 6.92 Å². The number of carboxylic acids is 1. The quantitative estimate of drug-likeness (QED) is 0.893. The fourth-order valence-electron chi connectivity index (χ4n) is 2.01. The van der Waals surface area contributed by atoms with Crippen LogP contribution in [0, 0.1) is 13.8 Å². The molecule has 1 heterocycles. The van der Waals surface area contributed by atoms with Gasteiger partial charge in [0.05, 0.1) is 17.7 Å². The minimum atomic E-state index is -0.927. The van der Waals surface area contributed by atoms with E-state index in [9.17, 15) is 9.59 Å². The molecule has 6 heteroatoms. The highest BCUT2D eigenvalue weighted by Gasteiger charge is 2.32. The number of carboxylic acid groups (broad SMARTS) is 1. The third-order valence-electron chi connectivity index (χ3n) is 3.52. The van der Waals surface area contributed by atoms with Crippen LogP contribution < -0.4 is 0 Å². The van der Waals surface area contributed by atoms with Gasteiger partial charge in [-0.05, 0) is 27.7 Å². The van der Waals surface area contributed by atoms with Crippen molar-refractivity contribution < 1.29 is 14.7 Å². The molecule has 1 aromatic rings. The number of hydrogen-bond acceptors (Lipinski definition) is 3. The van der Waals surface area contributed by atoms with Gasteiger partial charge in [-0.1, -0.05) is 0 Å². The second-order valence-corrected chi connectivity index (χ2v) is 5.42. The molecule has 0 bridgehead atoms. The van der Waals surface area contributed by atoms with Gasteiger partial charge < -0.3 is 10.0 Å². The van der Waals surface area contributed by atoms with Crippen molar-refractivity contribution in [3.05, 3.63) is 17.0 Å². The van der Waals surface area contributed by atoms with Gasteiger partial charge in [-0.15, -0.1) is 0 Å². The first-order chi connectivity index (χ1) is 8.58. The number of amides is 1. The van der Waals surface area contributed by atoms with Crippen molar-refractivity contribution in [3.8, 4) is 0 Å². The highest BCUT2D eigenvalue weighted by molar-refractivity contribution is 5.97. The molecule has 0 atom stereocenters. The molecule has 0 saturated heterocycles. The number of nitrogens with zero attached hydrogens (tertiary/aromatic N) is 3. The summed E-state index contributed by atoms with van der Waals surface area (Å²) in [4.78, 5) is 24.8. The van der Waals surface area contributed by atoms with Gasteiger partial charge in [0.1, 0.15) is 0 Å². The van der Waals surface area contributed by atoms with Gasteiger partial charge in [0.25, 0.3) is 5.91 Å². The van der Waals surface area contributed by atoms with Crippen LogP contribution >= 0.6 is 0 Å². The third kappa shape index (κ3) is 2.94. The standard InChI is InChI=1S/C13H21N3O3/c1-8-11(9(2)16(6)14-8)12(19)15(5)13(3,4)7-10(17)18/h7H2,1-6H3,(H,17,18). The summed E-state index contributed by atoms with van der Waals surface area (Å²) in [6.07, 6.45) is -0.104. The van der Waals surface area contributed by atoms with Crippen molar-refractivity contribution in [2.45, 2.75) is 39.7 Å². The number of carbonyl (C=O) groups excluding carboxylic acids is 1. The SMILES string of the molecule is Cc1nn(C)c(C)c1C(=O)N(C)C(C)(C)CC(=O)O. The molecule has 0 spiro atoms. The summed E-state index contributed by atoms with van der Waals surface area (Å²) in [6, 6.07) is 0. The van der Waals surface area contributed by atoms with Gasteiger partial charge in [0, 0.05) is 25.3 Å². The third-order valence-corrected chi connectivity index (χ3v) is 3.52. The lowest BCUT2D eigenvalue weighted by molar-refractivity contribution is -0.139. The van der Waals surface area contributed by atoms with Crippen molar-refractivity contribution in [3.63, 3.8) is 0 Å². The van der Waals surface area contributed by atoms with Crippen molar-refractivity contribution in [2.24, 2.45) is 7.05 Å². The van der Waals surface area contributed by atoms with Crippen LogP contribution in [-0.4, -0.2) is 44.3 Å². The van der Waals surface area contributed by atoms with E-state index in [1.165, 1.54) is 4.90 Å². The Balaban J connectivity index is 3.09. The average Bonchev–Trinajstić information content (AvgIpc) is 2.49. The number of aryl methyl sites for hydroxylation is 2. The molecular formula is C13H21N3O3. The molecule has 6 nitrogen and oxygen atoms in total. The summed E-state index contributed by atoms with van der Waals surface area (Å²) < 4.78 is 1.65. The van der Waals surface area contributed by atoms with Crippen molar-refractivity contribution in [1.82, 2.24) is 14.7 Å². The van der Waals surface area contributed by atoms with Gasteiger partial charge in [0.15, 0.2) is 0 Å². The van der Waals surface area contributed by atoms with Crippen LogP contribution in [0.2, 0.25) is 0 Å². The average molecular weight is 267 g/mol. The van der Waals surface area contributed by atoms with Crippen molar-refractivity contribution in [2.75, 3.05) is 7.05 Å². The fourth-order valence-corrected chi connectivity index (χ4v) is 2.01. The topological polar surface area (TPSA) is 75.4 Å². The van der Waals surface area contributed by atoms with Crippen LogP contribution in [0.5, 0.6) is 0 Å². The van der Waals surface area contributed by atoms with Gasteiger partial charge >= 0.3 is 5.97 Å². The van der Waals surface area contributed by atoms with Crippen LogP contribution in [0.3, 0.4) is 0 Å². The predicted molar refractivity (Wildman–Crippen MR) is 71.1 cm³/mol. The van der Waals surface area contributed by atoms with Crippen molar-refractivity contribution in [1.29, 1.82) is 0 Å². The van der Waals surface area contributed by atoms with E-state index in [4.69, 9.17) is 5.11 Å². The normalized spacial score (nSPS) is 11.5. The summed E-state index contributed by atoms with van der Waals surface area (Å²) in [7, 11) is 3.40.